The first-order valence-electron chi connectivity index (χ1n) is 6.12. The topological polar surface area (TPSA) is 122 Å². The molecule has 0 amide bonds. The average Bonchev–Trinajstić information content (AvgIpc) is 3.05. The van der Waals surface area contributed by atoms with Crippen LogP contribution in [-0.2, 0) is 14.8 Å². The third-order valence-corrected chi connectivity index (χ3v) is 4.77. The monoisotopic (exact) mass is 309 g/mol. The van der Waals surface area contributed by atoms with Crippen LogP contribution in [0.4, 0.5) is 0 Å². The lowest BCUT2D eigenvalue weighted by Crippen LogP contribution is -2.33. The van der Waals surface area contributed by atoms with Crippen LogP contribution in [0.5, 0.6) is 0 Å². The number of carbonyl (C=O) groups is 1. The van der Waals surface area contributed by atoms with Gasteiger partial charge in [-0.3, -0.25) is 4.79 Å². The van der Waals surface area contributed by atoms with Crippen molar-refractivity contribution in [3.63, 3.8) is 0 Å². The Morgan fingerprint density at radius 3 is 2.86 bits per heavy atom. The molecule has 3 rings (SSSR count). The van der Waals surface area contributed by atoms with Crippen molar-refractivity contribution in [1.82, 2.24) is 15.0 Å². The lowest BCUT2D eigenvalue weighted by molar-refractivity contribution is -0.140. The van der Waals surface area contributed by atoms with E-state index in [2.05, 4.69) is 19.7 Å². The Hall–Kier alpha value is -2.26. The van der Waals surface area contributed by atoms with Crippen molar-refractivity contribution >= 4 is 27.0 Å². The van der Waals surface area contributed by atoms with E-state index < -0.39 is 28.0 Å². The number of aromatic nitrogens is 2. The molecule has 8 nitrogen and oxygen atoms in total. The van der Waals surface area contributed by atoms with Gasteiger partial charge in [0.05, 0.1) is 5.92 Å². The number of sulfonamides is 1. The zero-order chi connectivity index (χ0) is 15.0. The maximum atomic E-state index is 12.4. The third kappa shape index (κ3) is 2.52. The van der Waals surface area contributed by atoms with Crippen LogP contribution in [0, 0.1) is 5.92 Å². The molecule has 0 saturated heterocycles. The summed E-state index contributed by atoms with van der Waals surface area (Å²) >= 11 is 0. The molecule has 0 saturated carbocycles. The number of rotatable bonds is 4. The number of hydrogen-bond donors (Lipinski definition) is 2. The van der Waals surface area contributed by atoms with Gasteiger partial charge in [-0.15, -0.1) is 0 Å². The molecule has 0 bridgehead atoms. The summed E-state index contributed by atoms with van der Waals surface area (Å²) in [5, 5.41) is 16.1. The fraction of sp³-hybridized carbons (Fsp3) is 0.250. The molecule has 110 valence electrons. The number of aliphatic carboxylic acids is 1. The van der Waals surface area contributed by atoms with Gasteiger partial charge in [-0.05, 0) is 28.9 Å². The first-order chi connectivity index (χ1) is 9.97. The van der Waals surface area contributed by atoms with Crippen LogP contribution in [0.2, 0.25) is 0 Å². The van der Waals surface area contributed by atoms with Gasteiger partial charge < -0.3 is 5.11 Å². The number of nitrogens with zero attached hydrogens (tertiary/aromatic N) is 2. The molecular formula is C12H11N3O5S. The predicted octanol–water partition coefficient (Wildman–Crippen LogP) is 0.530. The number of fused-ring (bicyclic) bond motifs is 1. The van der Waals surface area contributed by atoms with Gasteiger partial charge in [0, 0.05) is 6.04 Å². The van der Waals surface area contributed by atoms with E-state index in [9.17, 15) is 13.2 Å². The van der Waals surface area contributed by atoms with Gasteiger partial charge in [0.1, 0.15) is 10.4 Å². The number of benzene rings is 1. The lowest BCUT2D eigenvalue weighted by atomic mass is 10.1. The van der Waals surface area contributed by atoms with Crippen molar-refractivity contribution < 1.29 is 22.9 Å². The van der Waals surface area contributed by atoms with E-state index in [-0.39, 0.29) is 16.8 Å². The number of nitrogens with one attached hydrogen (secondary N) is 1. The Morgan fingerprint density at radius 1 is 1.33 bits per heavy atom. The molecule has 0 spiro atoms. The minimum absolute atomic E-state index is 0.0478. The van der Waals surface area contributed by atoms with Crippen molar-refractivity contribution in [2.24, 2.45) is 5.92 Å². The predicted molar refractivity (Wildman–Crippen MR) is 70.8 cm³/mol. The smallest absolute Gasteiger partial charge is 0.310 e. The van der Waals surface area contributed by atoms with Gasteiger partial charge in [-0.1, -0.05) is 18.2 Å². The summed E-state index contributed by atoms with van der Waals surface area (Å²) in [4.78, 5) is 10.8. The molecule has 1 aliphatic carbocycles. The lowest BCUT2D eigenvalue weighted by Gasteiger charge is -2.12. The highest BCUT2D eigenvalue weighted by molar-refractivity contribution is 7.89. The van der Waals surface area contributed by atoms with Crippen LogP contribution in [0.15, 0.2) is 39.9 Å². The van der Waals surface area contributed by atoms with Crippen LogP contribution < -0.4 is 4.72 Å². The van der Waals surface area contributed by atoms with Crippen LogP contribution in [-0.4, -0.2) is 35.8 Å². The molecule has 0 aliphatic heterocycles. The van der Waals surface area contributed by atoms with E-state index in [4.69, 9.17) is 5.11 Å². The summed E-state index contributed by atoms with van der Waals surface area (Å²) in [7, 11) is -3.85. The standard InChI is InChI=1S/C12H11N3O5S/c16-12(17)7-4-5-8(6-7)15-21(18,19)10-3-1-2-9-11(10)14-20-13-9/h1-5,7-8,15H,6H2,(H,16,17). The highest BCUT2D eigenvalue weighted by Crippen LogP contribution is 2.23. The second kappa shape index (κ2) is 4.93. The summed E-state index contributed by atoms with van der Waals surface area (Å²) in [5.74, 6) is -1.65. The van der Waals surface area contributed by atoms with Gasteiger partial charge in [-0.2, -0.15) is 0 Å². The largest absolute Gasteiger partial charge is 0.481 e. The summed E-state index contributed by atoms with van der Waals surface area (Å²) in [6, 6.07) is 3.94. The normalized spacial score (nSPS) is 21.9. The minimum atomic E-state index is -3.85. The Kier molecular flexibility index (Phi) is 3.22. The van der Waals surface area contributed by atoms with Crippen molar-refractivity contribution in [2.45, 2.75) is 17.4 Å². The SMILES string of the molecule is O=C(O)C1C=CC(NS(=O)(=O)c2cccc3nonc23)C1. The molecule has 1 aliphatic rings. The first-order valence-corrected chi connectivity index (χ1v) is 7.60. The van der Waals surface area contributed by atoms with Gasteiger partial charge in [0.25, 0.3) is 0 Å². The quantitative estimate of drug-likeness (QED) is 0.790. The Bertz CT molecular complexity index is 826. The second-order valence-electron chi connectivity index (χ2n) is 4.68. The molecule has 21 heavy (non-hydrogen) atoms. The van der Waals surface area contributed by atoms with Gasteiger partial charge in [0.15, 0.2) is 5.52 Å². The van der Waals surface area contributed by atoms with E-state index in [0.29, 0.717) is 5.52 Å². The fourth-order valence-electron chi connectivity index (χ4n) is 2.23. The molecule has 0 radical (unpaired) electrons. The highest BCUT2D eigenvalue weighted by atomic mass is 32.2. The Balaban J connectivity index is 1.87. The number of hydrogen-bond acceptors (Lipinski definition) is 6. The van der Waals surface area contributed by atoms with E-state index >= 15 is 0 Å². The first kappa shape index (κ1) is 13.7. The molecule has 1 aromatic carbocycles. The minimum Gasteiger partial charge on any atom is -0.481 e. The molecule has 1 aromatic heterocycles. The molecule has 0 fully saturated rings. The summed E-state index contributed by atoms with van der Waals surface area (Å²) in [6.07, 6.45) is 3.20. The maximum Gasteiger partial charge on any atom is 0.310 e. The van der Waals surface area contributed by atoms with E-state index in [1.54, 1.807) is 6.07 Å². The third-order valence-electron chi connectivity index (χ3n) is 3.25. The summed E-state index contributed by atoms with van der Waals surface area (Å²) < 4.78 is 31.7. The van der Waals surface area contributed by atoms with E-state index in [1.807, 2.05) is 0 Å². The van der Waals surface area contributed by atoms with Crippen molar-refractivity contribution in [3.8, 4) is 0 Å². The fourth-order valence-corrected chi connectivity index (χ4v) is 3.58. The summed E-state index contributed by atoms with van der Waals surface area (Å²) in [5.41, 5.74) is 0.477. The highest BCUT2D eigenvalue weighted by Gasteiger charge is 2.29. The number of carboxylic acid groups (broad SMARTS) is 1. The maximum absolute atomic E-state index is 12.4. The van der Waals surface area contributed by atoms with Gasteiger partial charge >= 0.3 is 5.97 Å². The van der Waals surface area contributed by atoms with Crippen LogP contribution >= 0.6 is 0 Å². The van der Waals surface area contributed by atoms with E-state index in [1.165, 1.54) is 24.3 Å². The number of carboxylic acids is 1. The van der Waals surface area contributed by atoms with Crippen LogP contribution in [0.1, 0.15) is 6.42 Å². The molecular weight excluding hydrogens is 298 g/mol. The second-order valence-corrected chi connectivity index (χ2v) is 6.36. The van der Waals surface area contributed by atoms with Crippen molar-refractivity contribution in [1.29, 1.82) is 0 Å². The average molecular weight is 309 g/mol. The Labute approximate surface area is 119 Å². The van der Waals surface area contributed by atoms with Crippen molar-refractivity contribution in [3.05, 3.63) is 30.4 Å². The zero-order valence-corrected chi connectivity index (χ0v) is 11.4. The molecule has 2 atom stereocenters. The van der Waals surface area contributed by atoms with E-state index in [0.717, 1.165) is 0 Å². The van der Waals surface area contributed by atoms with Crippen LogP contribution in [0.3, 0.4) is 0 Å². The van der Waals surface area contributed by atoms with Gasteiger partial charge in [0.2, 0.25) is 10.0 Å². The van der Waals surface area contributed by atoms with Crippen LogP contribution in [0.25, 0.3) is 11.0 Å². The van der Waals surface area contributed by atoms with Gasteiger partial charge in [-0.25, -0.2) is 17.8 Å². The molecule has 2 aromatic rings. The molecule has 1 heterocycles. The Morgan fingerprint density at radius 2 is 2.14 bits per heavy atom. The van der Waals surface area contributed by atoms with Crippen molar-refractivity contribution in [2.75, 3.05) is 0 Å². The summed E-state index contributed by atoms with van der Waals surface area (Å²) in [6.45, 7) is 0. The zero-order valence-electron chi connectivity index (χ0n) is 10.6. The molecule has 2 unspecified atom stereocenters. The molecule has 2 N–H and O–H groups in total. The molecule has 9 heteroatoms.